The van der Waals surface area contributed by atoms with E-state index in [1.54, 1.807) is 6.07 Å². The van der Waals surface area contributed by atoms with Crippen LogP contribution in [0.25, 0.3) is 0 Å². The number of methoxy groups -OCH3 is 1. The van der Waals surface area contributed by atoms with Crippen LogP contribution in [0.4, 0.5) is 26.3 Å². The smallest absolute Gasteiger partial charge is 0.425 e. The molecule has 0 aliphatic carbocycles. The van der Waals surface area contributed by atoms with Crippen LogP contribution in [0.2, 0.25) is 0 Å². The van der Waals surface area contributed by atoms with Crippen LogP contribution < -0.4 is 9.47 Å². The first-order chi connectivity index (χ1) is 16.3. The summed E-state index contributed by atoms with van der Waals surface area (Å²) in [6.07, 6.45) is -5.63. The van der Waals surface area contributed by atoms with Gasteiger partial charge in [0.05, 0.1) is 23.9 Å². The Bertz CT molecular complexity index is 1220. The predicted octanol–water partition coefficient (Wildman–Crippen LogP) is 4.53. The molecule has 0 radical (unpaired) electrons. The van der Waals surface area contributed by atoms with Crippen molar-refractivity contribution in [3.8, 4) is 29.9 Å². The van der Waals surface area contributed by atoms with Gasteiger partial charge >= 0.3 is 12.4 Å². The zero-order valence-electron chi connectivity index (χ0n) is 18.3. The molecule has 1 fully saturated rings. The molecule has 0 bridgehead atoms. The SMILES string of the molecule is C#Cc1cc(C(F)(F)F)cnc1C1CN(C(=O)c2c(O[C@@H](C)C(F)(F)F)ccc(C#N)c2OC)C1. The molecular weight excluding hydrogens is 480 g/mol. The zero-order chi connectivity index (χ0) is 26.1. The molecule has 2 aromatic rings. The number of carbonyl (C=O) groups is 1. The lowest BCUT2D eigenvalue weighted by molar-refractivity contribution is -0.189. The number of terminal acetylenes is 1. The lowest BCUT2D eigenvalue weighted by atomic mass is 9.91. The number of rotatable bonds is 5. The highest BCUT2D eigenvalue weighted by atomic mass is 19.4. The second-order valence-corrected chi connectivity index (χ2v) is 7.64. The van der Waals surface area contributed by atoms with Gasteiger partial charge < -0.3 is 14.4 Å². The number of amides is 1. The van der Waals surface area contributed by atoms with Crippen molar-refractivity contribution < 1.29 is 40.6 Å². The number of nitriles is 1. The van der Waals surface area contributed by atoms with Crippen molar-refractivity contribution in [3.63, 3.8) is 0 Å². The van der Waals surface area contributed by atoms with E-state index in [1.165, 1.54) is 4.90 Å². The van der Waals surface area contributed by atoms with Crippen molar-refractivity contribution in [2.45, 2.75) is 31.3 Å². The van der Waals surface area contributed by atoms with Gasteiger partial charge in [0, 0.05) is 30.8 Å². The van der Waals surface area contributed by atoms with E-state index in [0.717, 1.165) is 32.2 Å². The number of hydrogen-bond acceptors (Lipinski definition) is 5. The Morgan fingerprint density at radius 1 is 1.23 bits per heavy atom. The van der Waals surface area contributed by atoms with E-state index in [1.807, 2.05) is 0 Å². The summed E-state index contributed by atoms with van der Waals surface area (Å²) >= 11 is 0. The first-order valence-corrected chi connectivity index (χ1v) is 9.99. The number of hydrogen-bond donors (Lipinski definition) is 0. The largest absolute Gasteiger partial charge is 0.494 e. The van der Waals surface area contributed by atoms with Crippen LogP contribution in [0, 0.1) is 23.7 Å². The number of aromatic nitrogens is 1. The third-order valence-electron chi connectivity index (χ3n) is 5.38. The molecule has 1 aromatic carbocycles. The van der Waals surface area contributed by atoms with Crippen molar-refractivity contribution in [3.05, 3.63) is 52.3 Å². The number of alkyl halides is 6. The number of carbonyl (C=O) groups excluding carboxylic acids is 1. The van der Waals surface area contributed by atoms with Gasteiger partial charge in [-0.25, -0.2) is 0 Å². The van der Waals surface area contributed by atoms with Gasteiger partial charge in [-0.3, -0.25) is 9.78 Å². The minimum absolute atomic E-state index is 0.0277. The average Bonchev–Trinajstić information content (AvgIpc) is 2.76. The Kier molecular flexibility index (Phi) is 6.88. The molecule has 1 aromatic heterocycles. The zero-order valence-corrected chi connectivity index (χ0v) is 18.3. The number of likely N-dealkylation sites (tertiary alicyclic amines) is 1. The molecule has 35 heavy (non-hydrogen) atoms. The van der Waals surface area contributed by atoms with Gasteiger partial charge in [0.2, 0.25) is 0 Å². The van der Waals surface area contributed by atoms with Crippen molar-refractivity contribution >= 4 is 5.91 Å². The van der Waals surface area contributed by atoms with Gasteiger partial charge in [-0.2, -0.15) is 31.6 Å². The molecule has 1 atom stereocenters. The number of nitrogens with zero attached hydrogens (tertiary/aromatic N) is 3. The van der Waals surface area contributed by atoms with Gasteiger partial charge in [-0.15, -0.1) is 6.42 Å². The molecule has 12 heteroatoms. The van der Waals surface area contributed by atoms with Crippen LogP contribution in [0.15, 0.2) is 24.4 Å². The quantitative estimate of drug-likeness (QED) is 0.448. The molecular formula is C23H17F6N3O3. The van der Waals surface area contributed by atoms with Gasteiger partial charge in [0.25, 0.3) is 5.91 Å². The number of halogens is 6. The normalized spacial score (nSPS) is 15.0. The molecule has 0 unspecified atom stereocenters. The molecule has 6 nitrogen and oxygen atoms in total. The molecule has 1 amide bonds. The van der Waals surface area contributed by atoms with E-state index in [4.69, 9.17) is 15.9 Å². The summed E-state index contributed by atoms with van der Waals surface area (Å²) in [6.45, 7) is 0.705. The van der Waals surface area contributed by atoms with Gasteiger partial charge in [-0.1, -0.05) is 5.92 Å². The van der Waals surface area contributed by atoms with Crippen molar-refractivity contribution in [1.82, 2.24) is 9.88 Å². The molecule has 2 heterocycles. The van der Waals surface area contributed by atoms with Crippen LogP contribution in [0.5, 0.6) is 11.5 Å². The molecule has 1 aliphatic heterocycles. The Morgan fingerprint density at radius 2 is 1.89 bits per heavy atom. The fourth-order valence-electron chi connectivity index (χ4n) is 3.47. The first kappa shape index (κ1) is 25.7. The Hall–Kier alpha value is -3.93. The van der Waals surface area contributed by atoms with Gasteiger partial charge in [0.1, 0.15) is 17.4 Å². The third-order valence-corrected chi connectivity index (χ3v) is 5.38. The van der Waals surface area contributed by atoms with Crippen molar-refractivity contribution in [2.24, 2.45) is 0 Å². The molecule has 3 rings (SSSR count). The molecule has 1 aliphatic rings. The summed E-state index contributed by atoms with van der Waals surface area (Å²) in [5.41, 5.74) is -1.38. The maximum atomic E-state index is 13.2. The summed E-state index contributed by atoms with van der Waals surface area (Å²) in [7, 11) is 1.15. The summed E-state index contributed by atoms with van der Waals surface area (Å²) in [6, 6.07) is 4.82. The van der Waals surface area contributed by atoms with Crippen LogP contribution in [0.3, 0.4) is 0 Å². The predicted molar refractivity (Wildman–Crippen MR) is 110 cm³/mol. The average molecular weight is 497 g/mol. The van der Waals surface area contributed by atoms with E-state index < -0.39 is 41.6 Å². The Labute approximate surface area is 196 Å². The van der Waals surface area contributed by atoms with Crippen LogP contribution >= 0.6 is 0 Å². The Balaban J connectivity index is 1.90. The molecule has 1 saturated heterocycles. The summed E-state index contributed by atoms with van der Waals surface area (Å²) in [4.78, 5) is 18.3. The Morgan fingerprint density at radius 3 is 2.40 bits per heavy atom. The van der Waals surface area contributed by atoms with Crippen molar-refractivity contribution in [1.29, 1.82) is 5.26 Å². The van der Waals surface area contributed by atoms with E-state index in [2.05, 4.69) is 10.9 Å². The standard InChI is InChI=1S/C23H17F6N3O3/c1-4-13-7-16(23(27,28)29)9-31-19(13)15-10-32(11-15)21(33)18-17(35-12(2)22(24,25)26)6-5-14(8-30)20(18)34-3/h1,5-7,9,12,15H,10-11H2,2-3H3/t12-/m0/s1. The third kappa shape index (κ3) is 5.11. The number of benzene rings is 1. The monoisotopic (exact) mass is 497 g/mol. The second kappa shape index (κ2) is 9.37. The fraction of sp³-hybridized carbons (Fsp3) is 0.348. The molecule has 0 N–H and O–H groups in total. The second-order valence-electron chi connectivity index (χ2n) is 7.64. The maximum absolute atomic E-state index is 13.2. The van der Waals surface area contributed by atoms with Crippen LogP contribution in [-0.2, 0) is 6.18 Å². The minimum atomic E-state index is -4.72. The lowest BCUT2D eigenvalue weighted by Gasteiger charge is -2.39. The summed E-state index contributed by atoms with van der Waals surface area (Å²) in [5.74, 6) is 0.182. The van der Waals surface area contributed by atoms with E-state index in [0.29, 0.717) is 6.20 Å². The van der Waals surface area contributed by atoms with Crippen LogP contribution in [-0.4, -0.2) is 48.3 Å². The topological polar surface area (TPSA) is 75.5 Å². The lowest BCUT2D eigenvalue weighted by Crippen LogP contribution is -2.49. The highest BCUT2D eigenvalue weighted by Gasteiger charge is 2.41. The summed E-state index contributed by atoms with van der Waals surface area (Å²) < 4.78 is 88.1. The number of ether oxygens (including phenoxy) is 2. The van der Waals surface area contributed by atoms with Gasteiger partial charge in [-0.05, 0) is 25.1 Å². The maximum Gasteiger partial charge on any atom is 0.425 e. The van der Waals surface area contributed by atoms with E-state index >= 15 is 0 Å². The minimum Gasteiger partial charge on any atom is -0.494 e. The molecule has 0 spiro atoms. The van der Waals surface area contributed by atoms with E-state index in [9.17, 15) is 36.4 Å². The first-order valence-electron chi connectivity index (χ1n) is 9.99. The number of pyridine rings is 1. The highest BCUT2D eigenvalue weighted by molar-refractivity contribution is 6.01. The highest BCUT2D eigenvalue weighted by Crippen LogP contribution is 2.39. The molecule has 184 valence electrons. The fourth-order valence-corrected chi connectivity index (χ4v) is 3.47. The molecule has 0 saturated carbocycles. The van der Waals surface area contributed by atoms with Gasteiger partial charge in [0.15, 0.2) is 11.9 Å². The van der Waals surface area contributed by atoms with Crippen LogP contribution in [0.1, 0.15) is 45.6 Å². The van der Waals surface area contributed by atoms with E-state index in [-0.39, 0.29) is 41.2 Å². The van der Waals surface area contributed by atoms with Crippen molar-refractivity contribution in [2.75, 3.05) is 20.2 Å². The summed E-state index contributed by atoms with van der Waals surface area (Å²) in [5, 5.41) is 9.31.